The number of aliphatic hydroxyl groups is 1. The maximum absolute atomic E-state index is 12.6. The summed E-state index contributed by atoms with van der Waals surface area (Å²) in [6.45, 7) is 6.50. The Hall–Kier alpha value is -0.910. The number of sulfonamides is 1. The Labute approximate surface area is 121 Å². The first kappa shape index (κ1) is 15.5. The van der Waals surface area contributed by atoms with Gasteiger partial charge in [-0.1, -0.05) is 32.9 Å². The Morgan fingerprint density at radius 3 is 2.40 bits per heavy atom. The highest BCUT2D eigenvalue weighted by atomic mass is 32.2. The molecule has 0 bridgehead atoms. The van der Waals surface area contributed by atoms with Crippen molar-refractivity contribution in [3.05, 3.63) is 29.8 Å². The lowest BCUT2D eigenvalue weighted by Gasteiger charge is -2.24. The summed E-state index contributed by atoms with van der Waals surface area (Å²) < 4.78 is 26.7. The highest BCUT2D eigenvalue weighted by Crippen LogP contribution is 2.30. The molecule has 0 aromatic heterocycles. The van der Waals surface area contributed by atoms with Gasteiger partial charge in [-0.05, 0) is 36.0 Å². The molecule has 1 saturated heterocycles. The van der Waals surface area contributed by atoms with Crippen molar-refractivity contribution in [3.8, 4) is 0 Å². The number of benzene rings is 1. The summed E-state index contributed by atoms with van der Waals surface area (Å²) in [7, 11) is -3.50. The van der Waals surface area contributed by atoms with Crippen LogP contribution < -0.4 is 0 Å². The van der Waals surface area contributed by atoms with Crippen LogP contribution in [0.25, 0.3) is 0 Å². The van der Waals surface area contributed by atoms with Crippen LogP contribution in [0.15, 0.2) is 29.2 Å². The quantitative estimate of drug-likeness (QED) is 0.927. The molecule has 1 fully saturated rings. The standard InChI is InChI=1S/C15H23NO3S/c1-11(2)13-4-6-14(7-5-13)20(18,19)16-9-8-12(3)15(16)10-17/h4-7,11-12,15,17H,8-10H2,1-3H3. The number of nitrogens with zero attached hydrogens (tertiary/aromatic N) is 1. The Balaban J connectivity index is 2.30. The molecule has 2 rings (SSSR count). The van der Waals surface area contributed by atoms with Crippen molar-refractivity contribution in [3.63, 3.8) is 0 Å². The Bertz CT molecular complexity index is 551. The van der Waals surface area contributed by atoms with Crippen molar-refractivity contribution < 1.29 is 13.5 Å². The van der Waals surface area contributed by atoms with Gasteiger partial charge in [-0.2, -0.15) is 4.31 Å². The van der Waals surface area contributed by atoms with Crippen LogP contribution in [-0.2, 0) is 10.0 Å². The van der Waals surface area contributed by atoms with Gasteiger partial charge in [0.05, 0.1) is 17.5 Å². The van der Waals surface area contributed by atoms with Crippen LogP contribution in [0.5, 0.6) is 0 Å². The van der Waals surface area contributed by atoms with Crippen LogP contribution in [0.4, 0.5) is 0 Å². The van der Waals surface area contributed by atoms with Gasteiger partial charge in [-0.15, -0.1) is 0 Å². The molecule has 0 saturated carbocycles. The van der Waals surface area contributed by atoms with Gasteiger partial charge in [0.2, 0.25) is 10.0 Å². The van der Waals surface area contributed by atoms with E-state index >= 15 is 0 Å². The average molecular weight is 297 g/mol. The van der Waals surface area contributed by atoms with E-state index in [0.29, 0.717) is 17.4 Å². The molecule has 1 heterocycles. The molecule has 5 heteroatoms. The van der Waals surface area contributed by atoms with Gasteiger partial charge < -0.3 is 5.11 Å². The Morgan fingerprint density at radius 1 is 1.30 bits per heavy atom. The topological polar surface area (TPSA) is 57.6 Å². The smallest absolute Gasteiger partial charge is 0.243 e. The minimum Gasteiger partial charge on any atom is -0.395 e. The summed E-state index contributed by atoms with van der Waals surface area (Å²) in [4.78, 5) is 0.314. The van der Waals surface area contributed by atoms with Gasteiger partial charge in [0.1, 0.15) is 0 Å². The highest BCUT2D eigenvalue weighted by Gasteiger charge is 2.39. The van der Waals surface area contributed by atoms with Gasteiger partial charge in [0.15, 0.2) is 0 Å². The predicted octanol–water partition coefficient (Wildman–Crippen LogP) is 2.20. The van der Waals surface area contributed by atoms with Gasteiger partial charge in [0, 0.05) is 6.54 Å². The first-order valence-corrected chi connectivity index (χ1v) is 8.54. The second-order valence-corrected chi connectivity index (χ2v) is 7.75. The lowest BCUT2D eigenvalue weighted by atomic mass is 10.0. The van der Waals surface area contributed by atoms with E-state index in [1.165, 1.54) is 4.31 Å². The van der Waals surface area contributed by atoms with Crippen molar-refractivity contribution in [2.24, 2.45) is 5.92 Å². The fourth-order valence-electron chi connectivity index (χ4n) is 2.70. The van der Waals surface area contributed by atoms with Crippen molar-refractivity contribution in [1.29, 1.82) is 0 Å². The maximum Gasteiger partial charge on any atom is 0.243 e. The maximum atomic E-state index is 12.6. The molecule has 2 atom stereocenters. The zero-order chi connectivity index (χ0) is 14.9. The Kier molecular flexibility index (Phi) is 4.52. The largest absolute Gasteiger partial charge is 0.395 e. The normalized spacial score (nSPS) is 24.4. The molecule has 0 spiro atoms. The minimum atomic E-state index is -3.50. The molecule has 1 N–H and O–H groups in total. The summed E-state index contributed by atoms with van der Waals surface area (Å²) in [5.74, 6) is 0.577. The molecule has 1 aromatic rings. The third kappa shape index (κ3) is 2.75. The van der Waals surface area contributed by atoms with Crippen LogP contribution in [0, 0.1) is 5.92 Å². The molecule has 4 nitrogen and oxygen atoms in total. The monoisotopic (exact) mass is 297 g/mol. The molecule has 0 radical (unpaired) electrons. The van der Waals surface area contributed by atoms with Gasteiger partial charge in [0.25, 0.3) is 0 Å². The van der Waals surface area contributed by atoms with Crippen molar-refractivity contribution in [1.82, 2.24) is 4.31 Å². The lowest BCUT2D eigenvalue weighted by Crippen LogP contribution is -2.39. The van der Waals surface area contributed by atoms with Crippen molar-refractivity contribution in [2.45, 2.75) is 44.0 Å². The van der Waals surface area contributed by atoms with Gasteiger partial charge in [-0.3, -0.25) is 0 Å². The van der Waals surface area contributed by atoms with E-state index in [1.807, 2.05) is 19.1 Å². The molecule has 112 valence electrons. The average Bonchev–Trinajstić information content (AvgIpc) is 2.80. The molecule has 0 amide bonds. The van der Waals surface area contributed by atoms with Gasteiger partial charge >= 0.3 is 0 Å². The van der Waals surface area contributed by atoms with E-state index in [9.17, 15) is 13.5 Å². The summed E-state index contributed by atoms with van der Waals surface area (Å²) in [5.41, 5.74) is 1.12. The molecule has 2 unspecified atom stereocenters. The molecule has 1 aliphatic heterocycles. The first-order valence-electron chi connectivity index (χ1n) is 7.10. The molecule has 20 heavy (non-hydrogen) atoms. The second kappa shape index (κ2) is 5.84. The molecular formula is C15H23NO3S. The predicted molar refractivity (Wildman–Crippen MR) is 79.1 cm³/mol. The SMILES string of the molecule is CC(C)c1ccc(S(=O)(=O)N2CCC(C)C2CO)cc1. The highest BCUT2D eigenvalue weighted by molar-refractivity contribution is 7.89. The van der Waals surface area contributed by atoms with E-state index in [2.05, 4.69) is 13.8 Å². The minimum absolute atomic E-state index is 0.121. The van der Waals surface area contributed by atoms with E-state index in [0.717, 1.165) is 12.0 Å². The summed E-state index contributed by atoms with van der Waals surface area (Å²) >= 11 is 0. The summed E-state index contributed by atoms with van der Waals surface area (Å²) in [6.07, 6.45) is 0.800. The number of aliphatic hydroxyl groups excluding tert-OH is 1. The van der Waals surface area contributed by atoms with Crippen LogP contribution in [-0.4, -0.2) is 37.0 Å². The van der Waals surface area contributed by atoms with Gasteiger partial charge in [-0.25, -0.2) is 8.42 Å². The number of hydrogen-bond acceptors (Lipinski definition) is 3. The van der Waals surface area contributed by atoms with E-state index in [1.54, 1.807) is 12.1 Å². The number of rotatable bonds is 4. The van der Waals surface area contributed by atoms with E-state index < -0.39 is 10.0 Å². The van der Waals surface area contributed by atoms with Crippen molar-refractivity contribution in [2.75, 3.05) is 13.2 Å². The summed E-state index contributed by atoms with van der Waals surface area (Å²) in [5, 5.41) is 9.43. The molecule has 1 aromatic carbocycles. The fourth-order valence-corrected chi connectivity index (χ4v) is 4.43. The van der Waals surface area contributed by atoms with Crippen LogP contribution in [0.2, 0.25) is 0 Å². The molecule has 1 aliphatic rings. The first-order chi connectivity index (χ1) is 9.37. The fraction of sp³-hybridized carbons (Fsp3) is 0.600. The van der Waals surface area contributed by atoms with E-state index in [4.69, 9.17) is 0 Å². The summed E-state index contributed by atoms with van der Waals surface area (Å²) in [6, 6.07) is 6.77. The second-order valence-electron chi connectivity index (χ2n) is 5.86. The third-order valence-corrected chi connectivity index (χ3v) is 6.11. The Morgan fingerprint density at radius 2 is 1.90 bits per heavy atom. The zero-order valence-electron chi connectivity index (χ0n) is 12.3. The molecular weight excluding hydrogens is 274 g/mol. The zero-order valence-corrected chi connectivity index (χ0v) is 13.1. The number of hydrogen-bond donors (Lipinski definition) is 1. The third-order valence-electron chi connectivity index (χ3n) is 4.17. The van der Waals surface area contributed by atoms with Crippen LogP contribution >= 0.6 is 0 Å². The van der Waals surface area contributed by atoms with Crippen LogP contribution in [0.3, 0.4) is 0 Å². The van der Waals surface area contributed by atoms with Crippen molar-refractivity contribution >= 4 is 10.0 Å². The molecule has 0 aliphatic carbocycles. The lowest BCUT2D eigenvalue weighted by molar-refractivity contribution is 0.191. The van der Waals surface area contributed by atoms with E-state index in [-0.39, 0.29) is 18.6 Å². The van der Waals surface area contributed by atoms with Crippen LogP contribution in [0.1, 0.15) is 38.7 Å².